The number of piperidine rings is 1. The number of alkyl halides is 2. The molecule has 0 radical (unpaired) electrons. The van der Waals surface area contributed by atoms with Crippen LogP contribution in [0.5, 0.6) is 0 Å². The zero-order valence-electron chi connectivity index (χ0n) is 11.1. The largest absolute Gasteiger partial charge is 0.316 e. The molecule has 5 heteroatoms. The summed E-state index contributed by atoms with van der Waals surface area (Å²) in [7, 11) is 2.00. The summed E-state index contributed by atoms with van der Waals surface area (Å²) in [4.78, 5) is 3.05. The van der Waals surface area contributed by atoms with Crippen molar-refractivity contribution in [3.8, 4) is 0 Å². The Balaban J connectivity index is 1.88. The number of nitrogens with zero attached hydrogens (tertiary/aromatic N) is 1. The molecule has 0 spiro atoms. The molecule has 1 unspecified atom stereocenters. The molecule has 0 aromatic heterocycles. The summed E-state index contributed by atoms with van der Waals surface area (Å²) in [6.45, 7) is 3.08. The monoisotopic (exact) mass is 286 g/mol. The van der Waals surface area contributed by atoms with Gasteiger partial charge in [-0.1, -0.05) is 23.9 Å². The quantitative estimate of drug-likeness (QED) is 0.837. The van der Waals surface area contributed by atoms with E-state index >= 15 is 0 Å². The van der Waals surface area contributed by atoms with Gasteiger partial charge >= 0.3 is 0 Å². The third-order valence-electron chi connectivity index (χ3n) is 3.47. The van der Waals surface area contributed by atoms with E-state index in [0.29, 0.717) is 22.7 Å². The van der Waals surface area contributed by atoms with E-state index in [0.717, 1.165) is 19.6 Å². The van der Waals surface area contributed by atoms with E-state index in [1.807, 2.05) is 19.2 Å². The maximum atomic E-state index is 12.2. The van der Waals surface area contributed by atoms with E-state index in [2.05, 4.69) is 10.2 Å². The fourth-order valence-electron chi connectivity index (χ4n) is 2.47. The first-order valence-corrected chi connectivity index (χ1v) is 7.48. The summed E-state index contributed by atoms with van der Waals surface area (Å²) in [5, 5.41) is 3.32. The zero-order chi connectivity index (χ0) is 13.7. The van der Waals surface area contributed by atoms with Crippen LogP contribution in [0.3, 0.4) is 0 Å². The first-order chi connectivity index (χ1) is 9.17. The van der Waals surface area contributed by atoms with Crippen molar-refractivity contribution >= 4 is 11.8 Å². The molecule has 0 saturated carbocycles. The van der Waals surface area contributed by atoms with Crippen molar-refractivity contribution in [1.82, 2.24) is 10.2 Å². The van der Waals surface area contributed by atoms with E-state index in [4.69, 9.17) is 0 Å². The second-order valence-corrected chi connectivity index (χ2v) is 5.95. The van der Waals surface area contributed by atoms with Crippen molar-refractivity contribution in [2.45, 2.75) is 36.1 Å². The number of thioether (sulfide) groups is 1. The Morgan fingerprint density at radius 1 is 1.37 bits per heavy atom. The number of nitrogens with one attached hydrogen (secondary N) is 1. The van der Waals surface area contributed by atoms with Crippen molar-refractivity contribution in [3.63, 3.8) is 0 Å². The second-order valence-electron chi connectivity index (χ2n) is 4.89. The van der Waals surface area contributed by atoms with E-state index < -0.39 is 5.76 Å². The normalized spacial score (nSPS) is 20.9. The molecule has 0 bridgehead atoms. The lowest BCUT2D eigenvalue weighted by molar-refractivity contribution is 0.188. The molecule has 106 valence electrons. The number of hydrogen-bond acceptors (Lipinski definition) is 3. The lowest BCUT2D eigenvalue weighted by atomic mass is 10.1. The lowest BCUT2D eigenvalue weighted by Gasteiger charge is -2.32. The molecule has 1 heterocycles. The van der Waals surface area contributed by atoms with Gasteiger partial charge in [0.15, 0.2) is 0 Å². The molecule has 19 heavy (non-hydrogen) atoms. The molecule has 1 fully saturated rings. The van der Waals surface area contributed by atoms with Crippen LogP contribution in [0.25, 0.3) is 0 Å². The van der Waals surface area contributed by atoms with Crippen LogP contribution in [0.1, 0.15) is 18.4 Å². The van der Waals surface area contributed by atoms with E-state index in [-0.39, 0.29) is 0 Å². The summed E-state index contributed by atoms with van der Waals surface area (Å²) in [5.41, 5.74) is 1.19. The van der Waals surface area contributed by atoms with E-state index in [9.17, 15) is 8.78 Å². The van der Waals surface area contributed by atoms with Gasteiger partial charge in [0.05, 0.1) is 0 Å². The maximum absolute atomic E-state index is 12.2. The van der Waals surface area contributed by atoms with E-state index in [1.54, 1.807) is 12.1 Å². The van der Waals surface area contributed by atoms with Gasteiger partial charge in [0.1, 0.15) is 0 Å². The Labute approximate surface area is 117 Å². The van der Waals surface area contributed by atoms with Crippen LogP contribution in [-0.4, -0.2) is 36.8 Å². The van der Waals surface area contributed by atoms with Crippen LogP contribution >= 0.6 is 11.8 Å². The highest BCUT2D eigenvalue weighted by Crippen LogP contribution is 2.25. The molecule has 1 aromatic rings. The van der Waals surface area contributed by atoms with Crippen LogP contribution in [0, 0.1) is 0 Å². The highest BCUT2D eigenvalue weighted by atomic mass is 32.2. The second kappa shape index (κ2) is 7.22. The predicted molar refractivity (Wildman–Crippen MR) is 75.7 cm³/mol. The van der Waals surface area contributed by atoms with Crippen LogP contribution in [0.15, 0.2) is 29.2 Å². The maximum Gasteiger partial charge on any atom is 0.288 e. The molecule has 0 aliphatic carbocycles. The van der Waals surface area contributed by atoms with Crippen LogP contribution in [0.4, 0.5) is 8.78 Å². The summed E-state index contributed by atoms with van der Waals surface area (Å²) >= 11 is 0.600. The molecule has 1 saturated heterocycles. The molecular weight excluding hydrogens is 266 g/mol. The highest BCUT2D eigenvalue weighted by Gasteiger charge is 2.18. The Morgan fingerprint density at radius 2 is 2.11 bits per heavy atom. The third-order valence-corrected chi connectivity index (χ3v) is 4.19. The van der Waals surface area contributed by atoms with Gasteiger partial charge in [-0.05, 0) is 44.1 Å². The fourth-order valence-corrected chi connectivity index (χ4v) is 2.97. The summed E-state index contributed by atoms with van der Waals surface area (Å²) < 4.78 is 24.4. The number of halogens is 2. The van der Waals surface area contributed by atoms with Crippen LogP contribution in [0.2, 0.25) is 0 Å². The van der Waals surface area contributed by atoms with Gasteiger partial charge in [0.25, 0.3) is 5.76 Å². The predicted octanol–water partition coefficient (Wildman–Crippen LogP) is 3.19. The van der Waals surface area contributed by atoms with Gasteiger partial charge in [-0.2, -0.15) is 8.78 Å². The van der Waals surface area contributed by atoms with Crippen LogP contribution < -0.4 is 5.32 Å². The highest BCUT2D eigenvalue weighted by molar-refractivity contribution is 7.99. The van der Waals surface area contributed by atoms with Crippen LogP contribution in [-0.2, 0) is 6.54 Å². The summed E-state index contributed by atoms with van der Waals surface area (Å²) in [6, 6.07) is 8.04. The molecule has 2 nitrogen and oxygen atoms in total. The fraction of sp³-hybridized carbons (Fsp3) is 0.571. The number of rotatable bonds is 5. The van der Waals surface area contributed by atoms with Gasteiger partial charge in [-0.3, -0.25) is 4.90 Å². The molecule has 1 aliphatic heterocycles. The number of likely N-dealkylation sites (tertiary alicyclic amines) is 1. The van der Waals surface area contributed by atoms with Crippen molar-refractivity contribution in [3.05, 3.63) is 29.8 Å². The molecule has 2 rings (SSSR count). The van der Waals surface area contributed by atoms with Gasteiger partial charge in [-0.15, -0.1) is 0 Å². The van der Waals surface area contributed by atoms with E-state index in [1.165, 1.54) is 18.4 Å². The molecule has 1 atom stereocenters. The lowest BCUT2D eigenvalue weighted by Crippen LogP contribution is -2.43. The topological polar surface area (TPSA) is 15.3 Å². The summed E-state index contributed by atoms with van der Waals surface area (Å²) in [6.07, 6.45) is 2.45. The first-order valence-electron chi connectivity index (χ1n) is 6.61. The van der Waals surface area contributed by atoms with Crippen molar-refractivity contribution in [2.75, 3.05) is 20.1 Å². The summed E-state index contributed by atoms with van der Waals surface area (Å²) in [5.74, 6) is -2.34. The molecule has 1 aromatic carbocycles. The van der Waals surface area contributed by atoms with Crippen molar-refractivity contribution < 1.29 is 8.78 Å². The SMILES string of the molecule is CNC1CCCN(Cc2ccc(SC(F)F)cc2)C1. The van der Waals surface area contributed by atoms with Gasteiger partial charge in [0.2, 0.25) is 0 Å². The Bertz CT molecular complexity index is 384. The molecule has 1 aliphatic rings. The van der Waals surface area contributed by atoms with Gasteiger partial charge < -0.3 is 5.32 Å². The Kier molecular flexibility index (Phi) is 5.60. The Hall–Kier alpha value is -0.650. The first kappa shape index (κ1) is 14.8. The number of likely N-dealkylation sites (N-methyl/N-ethyl adjacent to an activating group) is 1. The van der Waals surface area contributed by atoms with Gasteiger partial charge in [0, 0.05) is 24.0 Å². The average molecular weight is 286 g/mol. The standard InChI is InChI=1S/C14H20F2N2S/c1-17-12-3-2-8-18(10-12)9-11-4-6-13(7-5-11)19-14(15)16/h4-7,12,14,17H,2-3,8-10H2,1H3. The van der Waals surface area contributed by atoms with Gasteiger partial charge in [-0.25, -0.2) is 0 Å². The number of benzene rings is 1. The average Bonchev–Trinajstić information content (AvgIpc) is 2.41. The Morgan fingerprint density at radius 3 is 2.74 bits per heavy atom. The minimum absolute atomic E-state index is 0.572. The third kappa shape index (κ3) is 4.75. The molecule has 1 N–H and O–H groups in total. The molecule has 0 amide bonds. The molecular formula is C14H20F2N2S. The minimum Gasteiger partial charge on any atom is -0.316 e. The number of hydrogen-bond donors (Lipinski definition) is 1. The van der Waals surface area contributed by atoms with Crippen molar-refractivity contribution in [1.29, 1.82) is 0 Å². The van der Waals surface area contributed by atoms with Crippen molar-refractivity contribution in [2.24, 2.45) is 0 Å². The smallest absolute Gasteiger partial charge is 0.288 e. The minimum atomic E-state index is -2.34. The zero-order valence-corrected chi connectivity index (χ0v) is 11.9.